The lowest BCUT2D eigenvalue weighted by molar-refractivity contribution is -0.141. The largest absolute Gasteiger partial charge is 0.468 e. The van der Waals surface area contributed by atoms with E-state index in [4.69, 9.17) is 17.3 Å². The van der Waals surface area contributed by atoms with Crippen LogP contribution in [0.5, 0.6) is 0 Å². The maximum Gasteiger partial charge on any atom is 0.333 e. The van der Waals surface area contributed by atoms with Crippen molar-refractivity contribution in [1.29, 1.82) is 0 Å². The van der Waals surface area contributed by atoms with Crippen molar-refractivity contribution in [2.24, 2.45) is 0 Å². The Hall–Kier alpha value is -3.89. The zero-order chi connectivity index (χ0) is 24.2. The molecule has 9 nitrogen and oxygen atoms in total. The third kappa shape index (κ3) is 4.87. The second kappa shape index (κ2) is 9.94. The molecule has 0 aliphatic heterocycles. The summed E-state index contributed by atoms with van der Waals surface area (Å²) in [6.45, 7) is -0.434. The summed E-state index contributed by atoms with van der Waals surface area (Å²) in [4.78, 5) is 42.8. The van der Waals surface area contributed by atoms with Gasteiger partial charge in [-0.05, 0) is 29.8 Å². The first-order valence-electron chi connectivity index (χ1n) is 10.1. The Labute approximate surface area is 203 Å². The molecule has 0 fully saturated rings. The molecule has 4 aromatic rings. The zero-order valence-electron chi connectivity index (χ0n) is 18.0. The van der Waals surface area contributed by atoms with Gasteiger partial charge in [0, 0.05) is 16.1 Å². The standard InChI is InChI=1S/C23H20ClN5O4S/c1-33-18(30)12-29-21(31)19(20(25)28(23(29)32)11-14-5-3-2-4-6-14)17-13-34-22(27-17)26-16-9-7-15(24)8-10-16/h2-10,13H,11-12,25H2,1H3,(H,26,27). The summed E-state index contributed by atoms with van der Waals surface area (Å²) in [6.07, 6.45) is 0. The average molecular weight is 498 g/mol. The van der Waals surface area contributed by atoms with Crippen LogP contribution in [0.1, 0.15) is 5.56 Å². The van der Waals surface area contributed by atoms with E-state index in [-0.39, 0.29) is 23.6 Å². The van der Waals surface area contributed by atoms with E-state index < -0.39 is 23.8 Å². The number of nitrogens with one attached hydrogen (secondary N) is 1. The molecule has 2 aromatic carbocycles. The molecule has 174 valence electrons. The molecule has 34 heavy (non-hydrogen) atoms. The molecule has 0 atom stereocenters. The fraction of sp³-hybridized carbons (Fsp3) is 0.130. The van der Waals surface area contributed by atoms with E-state index in [0.29, 0.717) is 10.2 Å². The number of methoxy groups -OCH3 is 1. The topological polar surface area (TPSA) is 121 Å². The third-order valence-electron chi connectivity index (χ3n) is 5.02. The number of nitrogen functional groups attached to an aromatic ring is 1. The fourth-order valence-corrected chi connectivity index (χ4v) is 4.16. The quantitative estimate of drug-likeness (QED) is 0.375. The van der Waals surface area contributed by atoms with Gasteiger partial charge in [-0.1, -0.05) is 41.9 Å². The van der Waals surface area contributed by atoms with Crippen molar-refractivity contribution in [1.82, 2.24) is 14.1 Å². The summed E-state index contributed by atoms with van der Waals surface area (Å²) in [7, 11) is 1.18. The minimum atomic E-state index is -0.732. The lowest BCUT2D eigenvalue weighted by atomic mass is 10.2. The molecule has 0 saturated heterocycles. The Morgan fingerprint density at radius 1 is 1.12 bits per heavy atom. The maximum atomic E-state index is 13.3. The summed E-state index contributed by atoms with van der Waals surface area (Å²) >= 11 is 7.19. The molecular formula is C23H20ClN5O4S. The molecule has 0 amide bonds. The number of hydrogen-bond donors (Lipinski definition) is 2. The van der Waals surface area contributed by atoms with Crippen LogP contribution in [0.4, 0.5) is 16.6 Å². The predicted octanol–water partition coefficient (Wildman–Crippen LogP) is 3.33. The van der Waals surface area contributed by atoms with Crippen LogP contribution in [0.15, 0.2) is 69.6 Å². The number of carbonyl (C=O) groups excluding carboxylic acids is 1. The highest BCUT2D eigenvalue weighted by molar-refractivity contribution is 7.14. The molecule has 0 bridgehead atoms. The van der Waals surface area contributed by atoms with Crippen molar-refractivity contribution < 1.29 is 9.53 Å². The number of carbonyl (C=O) groups is 1. The second-order valence-corrected chi connectivity index (χ2v) is 8.55. The summed E-state index contributed by atoms with van der Waals surface area (Å²) in [5.74, 6) is -0.770. The molecule has 0 spiro atoms. The van der Waals surface area contributed by atoms with Gasteiger partial charge in [0.1, 0.15) is 17.9 Å². The highest BCUT2D eigenvalue weighted by atomic mass is 35.5. The zero-order valence-corrected chi connectivity index (χ0v) is 19.6. The fourth-order valence-electron chi connectivity index (χ4n) is 3.31. The molecule has 2 heterocycles. The second-order valence-electron chi connectivity index (χ2n) is 7.25. The van der Waals surface area contributed by atoms with Crippen molar-refractivity contribution in [2.45, 2.75) is 13.1 Å². The Morgan fingerprint density at radius 2 is 1.82 bits per heavy atom. The highest BCUT2D eigenvalue weighted by Gasteiger charge is 2.22. The predicted molar refractivity (Wildman–Crippen MR) is 133 cm³/mol. The molecule has 0 aliphatic carbocycles. The van der Waals surface area contributed by atoms with Gasteiger partial charge in [-0.2, -0.15) is 0 Å². The van der Waals surface area contributed by atoms with E-state index in [2.05, 4.69) is 15.0 Å². The van der Waals surface area contributed by atoms with Crippen molar-refractivity contribution in [3.8, 4) is 11.3 Å². The van der Waals surface area contributed by atoms with Crippen molar-refractivity contribution in [3.63, 3.8) is 0 Å². The van der Waals surface area contributed by atoms with Gasteiger partial charge in [0.25, 0.3) is 5.56 Å². The first kappa shape index (κ1) is 23.3. The third-order valence-corrected chi connectivity index (χ3v) is 6.03. The van der Waals surface area contributed by atoms with Crippen molar-refractivity contribution in [3.05, 3.63) is 91.4 Å². The van der Waals surface area contributed by atoms with Crippen LogP contribution in [-0.2, 0) is 22.6 Å². The normalized spacial score (nSPS) is 10.8. The van der Waals surface area contributed by atoms with Gasteiger partial charge >= 0.3 is 11.7 Å². The lowest BCUT2D eigenvalue weighted by Gasteiger charge is -2.16. The number of anilines is 3. The van der Waals surface area contributed by atoms with Crippen LogP contribution >= 0.6 is 22.9 Å². The van der Waals surface area contributed by atoms with Crippen LogP contribution < -0.4 is 22.3 Å². The number of aromatic nitrogens is 3. The van der Waals surface area contributed by atoms with Crippen molar-refractivity contribution in [2.75, 3.05) is 18.2 Å². The number of nitrogens with zero attached hydrogens (tertiary/aromatic N) is 3. The van der Waals surface area contributed by atoms with Gasteiger partial charge in [0.15, 0.2) is 5.13 Å². The van der Waals surface area contributed by atoms with Gasteiger partial charge in [0.05, 0.1) is 19.3 Å². The highest BCUT2D eigenvalue weighted by Crippen LogP contribution is 2.28. The minimum absolute atomic E-state index is 0.0276. The first-order chi connectivity index (χ1) is 16.4. The number of rotatable bonds is 7. The molecule has 2 aromatic heterocycles. The van der Waals surface area contributed by atoms with Gasteiger partial charge in [-0.15, -0.1) is 11.3 Å². The number of ether oxygens (including phenoxy) is 1. The number of thiazole rings is 1. The molecule has 4 rings (SSSR count). The van der Waals surface area contributed by atoms with Crippen molar-refractivity contribution >= 4 is 45.5 Å². The van der Waals surface area contributed by atoms with Crippen LogP contribution in [-0.4, -0.2) is 27.2 Å². The number of benzene rings is 2. The summed E-state index contributed by atoms with van der Waals surface area (Å²) in [6, 6.07) is 16.2. The molecule has 0 aliphatic rings. The van der Waals surface area contributed by atoms with Gasteiger partial charge in [-0.3, -0.25) is 14.2 Å². The summed E-state index contributed by atoms with van der Waals surface area (Å²) in [5.41, 5.74) is 6.77. The molecule has 11 heteroatoms. The maximum absolute atomic E-state index is 13.3. The lowest BCUT2D eigenvalue weighted by Crippen LogP contribution is -2.43. The number of nitrogens with two attached hydrogens (primary N) is 1. The van der Waals surface area contributed by atoms with E-state index in [1.54, 1.807) is 29.6 Å². The van der Waals surface area contributed by atoms with Crippen LogP contribution in [0, 0.1) is 0 Å². The first-order valence-corrected chi connectivity index (χ1v) is 11.4. The Balaban J connectivity index is 1.80. The molecule has 0 radical (unpaired) electrons. The van der Waals surface area contributed by atoms with E-state index in [1.165, 1.54) is 23.0 Å². The molecule has 3 N–H and O–H groups in total. The molecule has 0 saturated carbocycles. The van der Waals surface area contributed by atoms with Crippen LogP contribution in [0.25, 0.3) is 11.3 Å². The smallest absolute Gasteiger partial charge is 0.333 e. The van der Waals surface area contributed by atoms with E-state index in [0.717, 1.165) is 15.8 Å². The summed E-state index contributed by atoms with van der Waals surface area (Å²) < 4.78 is 6.73. The van der Waals surface area contributed by atoms with Crippen LogP contribution in [0.3, 0.4) is 0 Å². The average Bonchev–Trinajstić information content (AvgIpc) is 3.29. The van der Waals surface area contributed by atoms with E-state index in [1.807, 2.05) is 30.3 Å². The van der Waals surface area contributed by atoms with E-state index >= 15 is 0 Å². The Kier molecular flexibility index (Phi) is 6.80. The van der Waals surface area contributed by atoms with Gasteiger partial charge in [-0.25, -0.2) is 14.3 Å². The number of esters is 1. The minimum Gasteiger partial charge on any atom is -0.468 e. The number of hydrogen-bond acceptors (Lipinski definition) is 8. The Morgan fingerprint density at radius 3 is 2.50 bits per heavy atom. The van der Waals surface area contributed by atoms with Gasteiger partial charge in [0.2, 0.25) is 0 Å². The van der Waals surface area contributed by atoms with E-state index in [9.17, 15) is 14.4 Å². The monoisotopic (exact) mass is 497 g/mol. The van der Waals surface area contributed by atoms with Gasteiger partial charge < -0.3 is 15.8 Å². The summed E-state index contributed by atoms with van der Waals surface area (Å²) in [5, 5.41) is 5.91. The number of halogens is 1. The SMILES string of the molecule is COC(=O)Cn1c(=O)c(-c2csc(Nc3ccc(Cl)cc3)n2)c(N)n(Cc2ccccc2)c1=O. The van der Waals surface area contributed by atoms with Crippen LogP contribution in [0.2, 0.25) is 5.02 Å². The Bertz CT molecular complexity index is 1450. The molecular weight excluding hydrogens is 478 g/mol. The molecule has 0 unspecified atom stereocenters.